The zero-order valence-corrected chi connectivity index (χ0v) is 16.9. The number of halogens is 2. The Bertz CT molecular complexity index is 993. The summed E-state index contributed by atoms with van der Waals surface area (Å²) in [5.74, 6) is 1.15. The van der Waals surface area contributed by atoms with Gasteiger partial charge in [0, 0.05) is 27.1 Å². The van der Waals surface area contributed by atoms with Crippen molar-refractivity contribution in [3.05, 3.63) is 62.7 Å². The molecule has 140 valence electrons. The normalized spacial score (nSPS) is 14.9. The summed E-state index contributed by atoms with van der Waals surface area (Å²) in [6, 6.07) is 10.5. The van der Waals surface area contributed by atoms with Gasteiger partial charge in [-0.15, -0.1) is 11.3 Å². The highest BCUT2D eigenvalue weighted by molar-refractivity contribution is 7.12. The largest absolute Gasteiger partial charge is 0.497 e. The predicted octanol–water partition coefficient (Wildman–Crippen LogP) is 6.01. The van der Waals surface area contributed by atoms with Gasteiger partial charge < -0.3 is 9.47 Å². The van der Waals surface area contributed by atoms with E-state index >= 15 is 0 Å². The summed E-state index contributed by atoms with van der Waals surface area (Å²) in [5, 5.41) is 1.36. The minimum atomic E-state index is -0.421. The van der Waals surface area contributed by atoms with Crippen LogP contribution in [0.3, 0.4) is 0 Å². The SMILES string of the molecule is COc1ccc(-c2nc(C3(c4c(F)cccc4Cl)CC3)sc2C)c(OC)c1. The van der Waals surface area contributed by atoms with Gasteiger partial charge in [0.05, 0.1) is 25.3 Å². The third-order valence-electron chi connectivity index (χ3n) is 5.06. The van der Waals surface area contributed by atoms with Crippen molar-refractivity contribution in [3.63, 3.8) is 0 Å². The van der Waals surface area contributed by atoms with Gasteiger partial charge in [-0.2, -0.15) is 0 Å². The zero-order valence-electron chi connectivity index (χ0n) is 15.3. The summed E-state index contributed by atoms with van der Waals surface area (Å²) in [4.78, 5) is 5.97. The summed E-state index contributed by atoms with van der Waals surface area (Å²) in [7, 11) is 3.25. The molecule has 0 radical (unpaired) electrons. The van der Waals surface area contributed by atoms with Crippen molar-refractivity contribution in [1.82, 2.24) is 4.98 Å². The van der Waals surface area contributed by atoms with Crippen LogP contribution < -0.4 is 9.47 Å². The van der Waals surface area contributed by atoms with Gasteiger partial charge in [-0.05, 0) is 44.0 Å². The zero-order chi connectivity index (χ0) is 19.2. The van der Waals surface area contributed by atoms with Crippen molar-refractivity contribution in [2.75, 3.05) is 14.2 Å². The molecule has 0 spiro atoms. The number of hydrogen-bond acceptors (Lipinski definition) is 4. The molecule has 1 saturated carbocycles. The van der Waals surface area contributed by atoms with Crippen molar-refractivity contribution >= 4 is 22.9 Å². The number of benzene rings is 2. The first-order chi connectivity index (χ1) is 13.0. The van der Waals surface area contributed by atoms with Gasteiger partial charge in [-0.1, -0.05) is 17.7 Å². The van der Waals surface area contributed by atoms with E-state index in [4.69, 9.17) is 26.1 Å². The van der Waals surface area contributed by atoms with Crippen LogP contribution in [0.5, 0.6) is 11.5 Å². The first kappa shape index (κ1) is 18.3. The van der Waals surface area contributed by atoms with Crippen molar-refractivity contribution in [2.45, 2.75) is 25.2 Å². The smallest absolute Gasteiger partial charge is 0.131 e. The fourth-order valence-corrected chi connectivity index (χ4v) is 5.02. The number of rotatable bonds is 5. The molecule has 0 aliphatic heterocycles. The van der Waals surface area contributed by atoms with Crippen LogP contribution in [0.15, 0.2) is 36.4 Å². The molecular formula is C21H19ClFNO2S. The van der Waals surface area contributed by atoms with E-state index in [0.717, 1.165) is 39.7 Å². The Kier molecular flexibility index (Phi) is 4.60. The molecule has 3 aromatic rings. The van der Waals surface area contributed by atoms with E-state index in [2.05, 4.69) is 0 Å². The van der Waals surface area contributed by atoms with Crippen LogP contribution in [-0.2, 0) is 5.41 Å². The highest BCUT2D eigenvalue weighted by Crippen LogP contribution is 2.57. The van der Waals surface area contributed by atoms with Crippen LogP contribution >= 0.6 is 22.9 Å². The van der Waals surface area contributed by atoms with Crippen molar-refractivity contribution in [3.8, 4) is 22.8 Å². The van der Waals surface area contributed by atoms with Crippen LogP contribution in [0.4, 0.5) is 4.39 Å². The monoisotopic (exact) mass is 403 g/mol. The Labute approximate surface area is 166 Å². The summed E-state index contributed by atoms with van der Waals surface area (Å²) >= 11 is 7.95. The Hall–Kier alpha value is -2.11. The number of thiazole rings is 1. The lowest BCUT2D eigenvalue weighted by molar-refractivity contribution is 0.395. The van der Waals surface area contributed by atoms with Crippen LogP contribution in [0.25, 0.3) is 11.3 Å². The first-order valence-corrected chi connectivity index (χ1v) is 9.84. The highest BCUT2D eigenvalue weighted by Gasteiger charge is 2.51. The molecule has 1 aliphatic carbocycles. The highest BCUT2D eigenvalue weighted by atomic mass is 35.5. The van der Waals surface area contributed by atoms with Gasteiger partial charge in [0.2, 0.25) is 0 Å². The number of nitrogens with zero attached hydrogens (tertiary/aromatic N) is 1. The fourth-order valence-electron chi connectivity index (χ4n) is 3.50. The molecule has 0 bridgehead atoms. The van der Waals surface area contributed by atoms with E-state index in [1.54, 1.807) is 37.7 Å². The van der Waals surface area contributed by atoms with Gasteiger partial charge in [-0.25, -0.2) is 9.37 Å². The number of methoxy groups -OCH3 is 2. The lowest BCUT2D eigenvalue weighted by Gasteiger charge is -2.15. The Morgan fingerprint density at radius 3 is 2.56 bits per heavy atom. The maximum Gasteiger partial charge on any atom is 0.131 e. The summed E-state index contributed by atoms with van der Waals surface area (Å²) in [6.45, 7) is 2.03. The first-order valence-electron chi connectivity index (χ1n) is 8.65. The van der Waals surface area contributed by atoms with Gasteiger partial charge in [0.1, 0.15) is 22.3 Å². The Morgan fingerprint density at radius 1 is 1.15 bits per heavy atom. The summed E-state index contributed by atoms with van der Waals surface area (Å²) in [6.07, 6.45) is 1.69. The van der Waals surface area contributed by atoms with Gasteiger partial charge in [0.15, 0.2) is 0 Å². The van der Waals surface area contributed by atoms with Gasteiger partial charge in [0.25, 0.3) is 0 Å². The molecule has 1 aliphatic rings. The van der Waals surface area contributed by atoms with Gasteiger partial charge >= 0.3 is 0 Å². The van der Waals surface area contributed by atoms with Crippen molar-refractivity contribution < 1.29 is 13.9 Å². The van der Waals surface area contributed by atoms with E-state index in [0.29, 0.717) is 16.3 Å². The molecule has 2 aromatic carbocycles. The third kappa shape index (κ3) is 2.99. The number of ether oxygens (including phenoxy) is 2. The Balaban J connectivity index is 1.81. The summed E-state index contributed by atoms with van der Waals surface area (Å²) in [5.41, 5.74) is 1.89. The number of aryl methyl sites for hydroxylation is 1. The molecule has 1 aromatic heterocycles. The maximum atomic E-state index is 14.6. The average Bonchev–Trinajstić information content (AvgIpc) is 3.36. The molecule has 3 nitrogen and oxygen atoms in total. The molecule has 6 heteroatoms. The second-order valence-electron chi connectivity index (χ2n) is 6.67. The molecule has 0 saturated heterocycles. The predicted molar refractivity (Wildman–Crippen MR) is 107 cm³/mol. The van der Waals surface area contributed by atoms with Crippen LogP contribution in [0.1, 0.15) is 28.3 Å². The topological polar surface area (TPSA) is 31.4 Å². The van der Waals surface area contributed by atoms with E-state index in [9.17, 15) is 4.39 Å². The second-order valence-corrected chi connectivity index (χ2v) is 8.28. The van der Waals surface area contributed by atoms with Gasteiger partial charge in [-0.3, -0.25) is 0 Å². The minimum Gasteiger partial charge on any atom is -0.497 e. The van der Waals surface area contributed by atoms with E-state index in [1.165, 1.54) is 6.07 Å². The molecule has 1 fully saturated rings. The lowest BCUT2D eigenvalue weighted by Crippen LogP contribution is -2.11. The summed E-state index contributed by atoms with van der Waals surface area (Å²) < 4.78 is 25.4. The third-order valence-corrected chi connectivity index (χ3v) is 6.55. The van der Waals surface area contributed by atoms with E-state index < -0.39 is 5.41 Å². The molecule has 4 rings (SSSR count). The maximum absolute atomic E-state index is 14.6. The van der Waals surface area contributed by atoms with Crippen molar-refractivity contribution in [2.24, 2.45) is 0 Å². The average molecular weight is 404 g/mol. The Morgan fingerprint density at radius 2 is 1.93 bits per heavy atom. The minimum absolute atomic E-state index is 0.267. The standard InChI is InChI=1S/C21H19ClFNO2S/c1-12-19(14-8-7-13(25-2)11-17(14)26-3)24-20(27-12)21(9-10-21)18-15(22)5-4-6-16(18)23/h4-8,11H,9-10H2,1-3H3. The van der Waals surface area contributed by atoms with Crippen LogP contribution in [0, 0.1) is 12.7 Å². The molecule has 0 N–H and O–H groups in total. The van der Waals surface area contributed by atoms with E-state index in [1.807, 2.05) is 25.1 Å². The molecule has 27 heavy (non-hydrogen) atoms. The molecule has 0 amide bonds. The molecule has 0 atom stereocenters. The second kappa shape index (κ2) is 6.80. The lowest BCUT2D eigenvalue weighted by atomic mass is 9.96. The molecular weight excluding hydrogens is 385 g/mol. The van der Waals surface area contributed by atoms with Crippen LogP contribution in [-0.4, -0.2) is 19.2 Å². The fraction of sp³-hybridized carbons (Fsp3) is 0.286. The van der Waals surface area contributed by atoms with Crippen LogP contribution in [0.2, 0.25) is 5.02 Å². The molecule has 0 unspecified atom stereocenters. The number of aromatic nitrogens is 1. The quantitative estimate of drug-likeness (QED) is 0.522. The van der Waals surface area contributed by atoms with Crippen molar-refractivity contribution in [1.29, 1.82) is 0 Å². The molecule has 1 heterocycles. The van der Waals surface area contributed by atoms with E-state index in [-0.39, 0.29) is 5.82 Å². The number of hydrogen-bond donors (Lipinski definition) is 0.